The first-order valence-electron chi connectivity index (χ1n) is 8.12. The standard InChI is InChI=1S/C18H24N4O/c1-3-4-8-11-19-17-13-20-16(12-21-17)18(23)22-14(2)15-9-6-5-7-10-15/h5-7,9-10,12-14H,3-4,8,11H2,1-2H3,(H,19,21)(H,22,23). The number of carbonyl (C=O) groups is 1. The van der Waals surface area contributed by atoms with Gasteiger partial charge in [0.25, 0.3) is 5.91 Å². The maximum atomic E-state index is 12.2. The number of aromatic nitrogens is 2. The highest BCUT2D eigenvalue weighted by Crippen LogP contribution is 2.12. The van der Waals surface area contributed by atoms with E-state index in [1.165, 1.54) is 19.0 Å². The van der Waals surface area contributed by atoms with Gasteiger partial charge in [-0.05, 0) is 18.9 Å². The van der Waals surface area contributed by atoms with Crippen molar-refractivity contribution < 1.29 is 4.79 Å². The lowest BCUT2D eigenvalue weighted by Crippen LogP contribution is -2.27. The molecule has 1 atom stereocenters. The Hall–Kier alpha value is -2.43. The highest BCUT2D eigenvalue weighted by molar-refractivity contribution is 5.92. The number of nitrogens with zero attached hydrogens (tertiary/aromatic N) is 2. The van der Waals surface area contributed by atoms with Gasteiger partial charge < -0.3 is 10.6 Å². The molecule has 0 saturated carbocycles. The van der Waals surface area contributed by atoms with Crippen LogP contribution >= 0.6 is 0 Å². The topological polar surface area (TPSA) is 66.9 Å². The molecule has 2 rings (SSSR count). The second-order valence-corrected chi connectivity index (χ2v) is 5.53. The predicted octanol–water partition coefficient (Wildman–Crippen LogP) is 3.57. The molecule has 0 aliphatic rings. The van der Waals surface area contributed by atoms with E-state index in [1.807, 2.05) is 37.3 Å². The van der Waals surface area contributed by atoms with E-state index in [4.69, 9.17) is 0 Å². The van der Waals surface area contributed by atoms with E-state index in [-0.39, 0.29) is 11.9 Å². The lowest BCUT2D eigenvalue weighted by atomic mass is 10.1. The zero-order chi connectivity index (χ0) is 16.5. The van der Waals surface area contributed by atoms with Crippen molar-refractivity contribution >= 4 is 11.7 Å². The van der Waals surface area contributed by atoms with Gasteiger partial charge in [-0.15, -0.1) is 0 Å². The van der Waals surface area contributed by atoms with Gasteiger partial charge in [0.1, 0.15) is 11.5 Å². The second kappa shape index (κ2) is 8.88. The number of carbonyl (C=O) groups excluding carboxylic acids is 1. The van der Waals surface area contributed by atoms with Gasteiger partial charge in [0.2, 0.25) is 0 Å². The lowest BCUT2D eigenvalue weighted by molar-refractivity contribution is 0.0934. The van der Waals surface area contributed by atoms with Crippen molar-refractivity contribution in [2.45, 2.75) is 39.2 Å². The van der Waals surface area contributed by atoms with E-state index >= 15 is 0 Å². The van der Waals surface area contributed by atoms with Crippen molar-refractivity contribution in [2.24, 2.45) is 0 Å². The van der Waals surface area contributed by atoms with E-state index in [1.54, 1.807) is 6.20 Å². The average Bonchev–Trinajstić information content (AvgIpc) is 2.60. The Balaban J connectivity index is 1.87. The highest BCUT2D eigenvalue weighted by atomic mass is 16.1. The van der Waals surface area contributed by atoms with Crippen LogP contribution in [0.5, 0.6) is 0 Å². The van der Waals surface area contributed by atoms with Gasteiger partial charge in [-0.1, -0.05) is 50.1 Å². The number of amides is 1. The summed E-state index contributed by atoms with van der Waals surface area (Å²) in [5, 5.41) is 6.14. The molecule has 1 aromatic heterocycles. The Bertz CT molecular complexity index is 598. The summed E-state index contributed by atoms with van der Waals surface area (Å²) in [6.45, 7) is 4.99. The first-order chi connectivity index (χ1) is 11.2. The van der Waals surface area contributed by atoms with E-state index < -0.39 is 0 Å². The fourth-order valence-electron chi connectivity index (χ4n) is 2.22. The molecule has 0 aliphatic heterocycles. The second-order valence-electron chi connectivity index (χ2n) is 5.53. The van der Waals surface area contributed by atoms with E-state index in [0.717, 1.165) is 18.5 Å². The first kappa shape index (κ1) is 16.9. The van der Waals surface area contributed by atoms with Crippen LogP contribution in [0.15, 0.2) is 42.7 Å². The van der Waals surface area contributed by atoms with Gasteiger partial charge >= 0.3 is 0 Å². The maximum Gasteiger partial charge on any atom is 0.271 e. The number of benzene rings is 1. The Morgan fingerprint density at radius 2 is 1.91 bits per heavy atom. The van der Waals surface area contributed by atoms with E-state index in [9.17, 15) is 4.79 Å². The summed E-state index contributed by atoms with van der Waals surface area (Å²) in [6, 6.07) is 9.76. The van der Waals surface area contributed by atoms with Crippen LogP contribution in [0.1, 0.15) is 55.2 Å². The third kappa shape index (κ3) is 5.36. The van der Waals surface area contributed by atoms with Crippen molar-refractivity contribution in [2.75, 3.05) is 11.9 Å². The molecule has 5 nitrogen and oxygen atoms in total. The van der Waals surface area contributed by atoms with Gasteiger partial charge in [0.05, 0.1) is 18.4 Å². The molecule has 0 fully saturated rings. The van der Waals surface area contributed by atoms with Crippen LogP contribution in [0.3, 0.4) is 0 Å². The number of anilines is 1. The molecule has 2 aromatic rings. The quantitative estimate of drug-likeness (QED) is 0.731. The summed E-state index contributed by atoms with van der Waals surface area (Å²) < 4.78 is 0. The van der Waals surface area contributed by atoms with Crippen molar-refractivity contribution in [1.82, 2.24) is 15.3 Å². The summed E-state index contributed by atoms with van der Waals surface area (Å²) in [4.78, 5) is 20.6. The van der Waals surface area contributed by atoms with Crippen LogP contribution in [0.25, 0.3) is 0 Å². The molecule has 0 saturated heterocycles. The Morgan fingerprint density at radius 1 is 1.13 bits per heavy atom. The van der Waals surface area contributed by atoms with E-state index in [0.29, 0.717) is 11.5 Å². The molecule has 5 heteroatoms. The summed E-state index contributed by atoms with van der Waals surface area (Å²) in [5.41, 5.74) is 1.38. The Labute approximate surface area is 137 Å². The summed E-state index contributed by atoms with van der Waals surface area (Å²) >= 11 is 0. The molecule has 122 valence electrons. The largest absolute Gasteiger partial charge is 0.369 e. The lowest BCUT2D eigenvalue weighted by Gasteiger charge is -2.14. The molecule has 1 heterocycles. The Morgan fingerprint density at radius 3 is 2.57 bits per heavy atom. The first-order valence-corrected chi connectivity index (χ1v) is 8.12. The third-order valence-electron chi connectivity index (χ3n) is 3.62. The molecular formula is C18H24N4O. The minimum Gasteiger partial charge on any atom is -0.369 e. The normalized spacial score (nSPS) is 11.7. The molecule has 2 N–H and O–H groups in total. The molecule has 0 bridgehead atoms. The van der Waals surface area contributed by atoms with Crippen LogP contribution in [0.2, 0.25) is 0 Å². The molecule has 0 spiro atoms. The minimum absolute atomic E-state index is 0.0719. The average molecular weight is 312 g/mol. The third-order valence-corrected chi connectivity index (χ3v) is 3.62. The van der Waals surface area contributed by atoms with Crippen molar-refractivity contribution in [3.8, 4) is 0 Å². The van der Waals surface area contributed by atoms with Crippen LogP contribution in [0, 0.1) is 0 Å². The van der Waals surface area contributed by atoms with Crippen molar-refractivity contribution in [1.29, 1.82) is 0 Å². The van der Waals surface area contributed by atoms with Crippen LogP contribution in [-0.2, 0) is 0 Å². The smallest absolute Gasteiger partial charge is 0.271 e. The van der Waals surface area contributed by atoms with Gasteiger partial charge in [-0.25, -0.2) is 9.97 Å². The number of unbranched alkanes of at least 4 members (excludes halogenated alkanes) is 2. The van der Waals surface area contributed by atoms with Crippen LogP contribution in [0.4, 0.5) is 5.82 Å². The maximum absolute atomic E-state index is 12.2. The van der Waals surface area contributed by atoms with Crippen molar-refractivity contribution in [3.05, 3.63) is 54.0 Å². The number of hydrogen-bond donors (Lipinski definition) is 2. The van der Waals surface area contributed by atoms with E-state index in [2.05, 4.69) is 27.5 Å². The number of nitrogens with one attached hydrogen (secondary N) is 2. The van der Waals surface area contributed by atoms with Crippen LogP contribution < -0.4 is 10.6 Å². The van der Waals surface area contributed by atoms with Gasteiger partial charge in [-0.2, -0.15) is 0 Å². The summed E-state index contributed by atoms with van der Waals surface area (Å²) in [5.74, 6) is 0.486. The SMILES string of the molecule is CCCCCNc1cnc(C(=O)NC(C)c2ccccc2)cn1. The molecule has 0 radical (unpaired) electrons. The molecular weight excluding hydrogens is 288 g/mol. The minimum atomic E-state index is -0.216. The zero-order valence-electron chi connectivity index (χ0n) is 13.7. The monoisotopic (exact) mass is 312 g/mol. The summed E-state index contributed by atoms with van der Waals surface area (Å²) in [6.07, 6.45) is 6.60. The summed E-state index contributed by atoms with van der Waals surface area (Å²) in [7, 11) is 0. The highest BCUT2D eigenvalue weighted by Gasteiger charge is 2.12. The molecule has 1 aromatic carbocycles. The van der Waals surface area contributed by atoms with Gasteiger partial charge in [0.15, 0.2) is 0 Å². The zero-order valence-corrected chi connectivity index (χ0v) is 13.7. The molecule has 1 amide bonds. The van der Waals surface area contributed by atoms with Crippen molar-refractivity contribution in [3.63, 3.8) is 0 Å². The fraction of sp³-hybridized carbons (Fsp3) is 0.389. The van der Waals surface area contributed by atoms with Gasteiger partial charge in [-0.3, -0.25) is 4.79 Å². The van der Waals surface area contributed by atoms with Gasteiger partial charge in [0, 0.05) is 6.54 Å². The number of hydrogen-bond acceptors (Lipinski definition) is 4. The molecule has 1 unspecified atom stereocenters. The number of rotatable bonds is 8. The van der Waals surface area contributed by atoms with Crippen LogP contribution in [-0.4, -0.2) is 22.4 Å². The molecule has 0 aliphatic carbocycles. The fourth-order valence-corrected chi connectivity index (χ4v) is 2.22. The molecule has 23 heavy (non-hydrogen) atoms. The predicted molar refractivity (Wildman–Crippen MR) is 92.4 cm³/mol. The Kier molecular flexibility index (Phi) is 6.54.